The molecule has 1 N–H and O–H groups in total. The zero-order valence-electron chi connectivity index (χ0n) is 17.4. The third-order valence-electron chi connectivity index (χ3n) is 5.32. The Labute approximate surface area is 193 Å². The largest absolute Gasteiger partial charge is 0.507 e. The molecule has 1 saturated heterocycles. The minimum absolute atomic E-state index is 0.0105. The highest BCUT2D eigenvalue weighted by Gasteiger charge is 2.47. The Balaban J connectivity index is 1.96. The van der Waals surface area contributed by atoms with Gasteiger partial charge in [0.1, 0.15) is 5.76 Å². The minimum Gasteiger partial charge on any atom is -0.507 e. The van der Waals surface area contributed by atoms with Crippen LogP contribution in [-0.4, -0.2) is 31.0 Å². The summed E-state index contributed by atoms with van der Waals surface area (Å²) in [6.45, 7) is 0. The Hall–Kier alpha value is -3.58. The highest BCUT2D eigenvalue weighted by atomic mass is 79.9. The van der Waals surface area contributed by atoms with Crippen LogP contribution in [0, 0.1) is 0 Å². The lowest BCUT2D eigenvalue weighted by atomic mass is 9.94. The number of anilines is 1. The van der Waals surface area contributed by atoms with E-state index in [1.165, 1.54) is 19.1 Å². The number of nitrogens with zero attached hydrogens (tertiary/aromatic N) is 1. The summed E-state index contributed by atoms with van der Waals surface area (Å²) in [6.07, 6.45) is 0. The number of hydrogen-bond donors (Lipinski definition) is 1. The van der Waals surface area contributed by atoms with Crippen LogP contribution in [0.2, 0.25) is 0 Å². The van der Waals surface area contributed by atoms with Crippen LogP contribution in [0.15, 0.2) is 82.8 Å². The van der Waals surface area contributed by atoms with E-state index in [2.05, 4.69) is 15.9 Å². The fraction of sp³-hybridized carbons (Fsp3) is 0.120. The number of rotatable bonds is 5. The van der Waals surface area contributed by atoms with Crippen molar-refractivity contribution in [3.8, 4) is 11.5 Å². The van der Waals surface area contributed by atoms with Crippen molar-refractivity contribution >= 4 is 39.1 Å². The Bertz CT molecular complexity index is 1200. The van der Waals surface area contributed by atoms with Gasteiger partial charge in [-0.3, -0.25) is 14.5 Å². The van der Waals surface area contributed by atoms with E-state index in [0.29, 0.717) is 28.3 Å². The lowest BCUT2D eigenvalue weighted by molar-refractivity contribution is -0.132. The molecule has 0 spiro atoms. The lowest BCUT2D eigenvalue weighted by Gasteiger charge is -2.26. The maximum Gasteiger partial charge on any atom is 0.300 e. The van der Waals surface area contributed by atoms with E-state index in [-0.39, 0.29) is 11.3 Å². The molecule has 0 unspecified atom stereocenters. The number of ether oxygens (including phenoxy) is 2. The number of aliphatic hydroxyl groups excluding tert-OH is 1. The summed E-state index contributed by atoms with van der Waals surface area (Å²) in [5.41, 5.74) is 1.59. The Morgan fingerprint density at radius 3 is 2.19 bits per heavy atom. The number of Topliss-reactive ketones (excluding diaryl/α,β-unsaturated/α-hetero) is 1. The lowest BCUT2D eigenvalue weighted by Crippen LogP contribution is -2.29. The van der Waals surface area contributed by atoms with Gasteiger partial charge in [0.25, 0.3) is 11.7 Å². The molecule has 32 heavy (non-hydrogen) atoms. The number of methoxy groups -OCH3 is 2. The Kier molecular flexibility index (Phi) is 6.01. The standard InChI is InChI=1S/C25H20BrNO5/c1-31-19-13-8-16(14-20(19)32-2)22-21(23(28)15-6-4-3-5-7-15)24(29)25(30)27(22)18-11-9-17(26)10-12-18/h3-14,22,28H,1-2H3/t22-/m1/s1. The van der Waals surface area contributed by atoms with Crippen LogP contribution in [0.1, 0.15) is 17.2 Å². The van der Waals surface area contributed by atoms with E-state index in [1.54, 1.807) is 66.7 Å². The summed E-state index contributed by atoms with van der Waals surface area (Å²) in [7, 11) is 3.04. The molecule has 0 saturated carbocycles. The molecular weight excluding hydrogens is 474 g/mol. The van der Waals surface area contributed by atoms with Gasteiger partial charge in [0.2, 0.25) is 0 Å². The third kappa shape index (κ3) is 3.76. The topological polar surface area (TPSA) is 76.1 Å². The second-order valence-electron chi connectivity index (χ2n) is 7.13. The summed E-state index contributed by atoms with van der Waals surface area (Å²) >= 11 is 3.39. The SMILES string of the molecule is COc1ccc([C@@H]2C(=C(O)c3ccccc3)C(=O)C(=O)N2c2ccc(Br)cc2)cc1OC. The molecule has 0 radical (unpaired) electrons. The summed E-state index contributed by atoms with van der Waals surface area (Å²) in [5.74, 6) is -0.743. The molecule has 0 aliphatic carbocycles. The number of carbonyl (C=O) groups is 2. The molecule has 0 aromatic heterocycles. The molecule has 0 bridgehead atoms. The van der Waals surface area contributed by atoms with Gasteiger partial charge in [-0.2, -0.15) is 0 Å². The number of benzene rings is 3. The second-order valence-corrected chi connectivity index (χ2v) is 8.04. The highest BCUT2D eigenvalue weighted by molar-refractivity contribution is 9.10. The summed E-state index contributed by atoms with van der Waals surface area (Å²) < 4.78 is 11.6. The molecule has 7 heteroatoms. The van der Waals surface area contributed by atoms with Gasteiger partial charge in [-0.05, 0) is 42.0 Å². The minimum atomic E-state index is -0.851. The van der Waals surface area contributed by atoms with E-state index in [1.807, 2.05) is 6.07 Å². The van der Waals surface area contributed by atoms with Crippen molar-refractivity contribution in [3.05, 3.63) is 94.0 Å². The Morgan fingerprint density at radius 2 is 1.56 bits per heavy atom. The first-order valence-corrected chi connectivity index (χ1v) is 10.6. The van der Waals surface area contributed by atoms with Crippen LogP contribution in [0.25, 0.3) is 5.76 Å². The van der Waals surface area contributed by atoms with Crippen molar-refractivity contribution in [1.29, 1.82) is 0 Å². The molecule has 1 atom stereocenters. The van der Waals surface area contributed by atoms with Gasteiger partial charge in [0.15, 0.2) is 11.5 Å². The van der Waals surface area contributed by atoms with Crippen LogP contribution in [0.4, 0.5) is 5.69 Å². The zero-order chi connectivity index (χ0) is 22.8. The number of halogens is 1. The molecule has 1 amide bonds. The molecule has 162 valence electrons. The zero-order valence-corrected chi connectivity index (χ0v) is 19.0. The van der Waals surface area contributed by atoms with E-state index < -0.39 is 17.7 Å². The average Bonchev–Trinajstić information content (AvgIpc) is 3.09. The molecule has 3 aromatic carbocycles. The van der Waals surface area contributed by atoms with Crippen molar-refractivity contribution < 1.29 is 24.2 Å². The summed E-state index contributed by atoms with van der Waals surface area (Å²) in [4.78, 5) is 27.7. The van der Waals surface area contributed by atoms with Crippen molar-refractivity contribution in [2.24, 2.45) is 0 Å². The maximum atomic E-state index is 13.2. The average molecular weight is 494 g/mol. The Morgan fingerprint density at radius 1 is 0.906 bits per heavy atom. The van der Waals surface area contributed by atoms with E-state index >= 15 is 0 Å². The fourth-order valence-corrected chi connectivity index (χ4v) is 4.05. The summed E-state index contributed by atoms with van der Waals surface area (Å²) in [6, 6.07) is 20.1. The first kappa shape index (κ1) is 21.6. The molecule has 6 nitrogen and oxygen atoms in total. The van der Waals surface area contributed by atoms with Crippen molar-refractivity contribution in [2.75, 3.05) is 19.1 Å². The number of aliphatic hydroxyl groups is 1. The second kappa shape index (κ2) is 8.88. The van der Waals surface area contributed by atoms with Gasteiger partial charge >= 0.3 is 0 Å². The van der Waals surface area contributed by atoms with Crippen molar-refractivity contribution in [2.45, 2.75) is 6.04 Å². The number of ketones is 1. The highest BCUT2D eigenvalue weighted by Crippen LogP contribution is 2.44. The molecule has 1 heterocycles. The van der Waals surface area contributed by atoms with Gasteiger partial charge in [-0.1, -0.05) is 52.3 Å². The molecule has 1 aliphatic rings. The van der Waals surface area contributed by atoms with Crippen LogP contribution in [0.3, 0.4) is 0 Å². The molecule has 1 fully saturated rings. The van der Waals surface area contributed by atoms with Gasteiger partial charge in [0, 0.05) is 15.7 Å². The number of carbonyl (C=O) groups excluding carboxylic acids is 2. The predicted molar refractivity (Wildman–Crippen MR) is 125 cm³/mol. The normalized spacial score (nSPS) is 17.5. The van der Waals surface area contributed by atoms with Gasteiger partial charge in [-0.15, -0.1) is 0 Å². The van der Waals surface area contributed by atoms with Crippen molar-refractivity contribution in [1.82, 2.24) is 0 Å². The third-order valence-corrected chi connectivity index (χ3v) is 5.85. The van der Waals surface area contributed by atoms with Gasteiger partial charge < -0.3 is 14.6 Å². The quantitative estimate of drug-likeness (QED) is 0.304. The van der Waals surface area contributed by atoms with Gasteiger partial charge in [0.05, 0.1) is 25.8 Å². The van der Waals surface area contributed by atoms with Crippen molar-refractivity contribution in [3.63, 3.8) is 0 Å². The number of amides is 1. The van der Waals surface area contributed by atoms with Crippen LogP contribution in [-0.2, 0) is 9.59 Å². The van der Waals surface area contributed by atoms with Gasteiger partial charge in [-0.25, -0.2) is 0 Å². The smallest absolute Gasteiger partial charge is 0.300 e. The number of hydrogen-bond acceptors (Lipinski definition) is 5. The molecule has 3 aromatic rings. The van der Waals surface area contributed by atoms with E-state index in [9.17, 15) is 14.7 Å². The molecule has 1 aliphatic heterocycles. The van der Waals surface area contributed by atoms with E-state index in [4.69, 9.17) is 9.47 Å². The predicted octanol–water partition coefficient (Wildman–Crippen LogP) is 5.09. The van der Waals surface area contributed by atoms with Crippen LogP contribution >= 0.6 is 15.9 Å². The van der Waals surface area contributed by atoms with E-state index in [0.717, 1.165) is 4.47 Å². The molecule has 4 rings (SSSR count). The fourth-order valence-electron chi connectivity index (χ4n) is 3.79. The van der Waals surface area contributed by atoms with Crippen LogP contribution in [0.5, 0.6) is 11.5 Å². The van der Waals surface area contributed by atoms with Crippen LogP contribution < -0.4 is 14.4 Å². The maximum absolute atomic E-state index is 13.2. The first-order valence-electron chi connectivity index (χ1n) is 9.80. The summed E-state index contributed by atoms with van der Waals surface area (Å²) in [5, 5.41) is 11.1. The monoisotopic (exact) mass is 493 g/mol. The first-order chi connectivity index (χ1) is 15.5. The molecular formula is C25H20BrNO5.